The van der Waals surface area contributed by atoms with Crippen LogP contribution in [0.2, 0.25) is 5.02 Å². The molecule has 3 rings (SSSR count). The fourth-order valence-electron chi connectivity index (χ4n) is 2.23. The molecule has 0 aliphatic carbocycles. The summed E-state index contributed by atoms with van der Waals surface area (Å²) in [5.41, 5.74) is 0.596. The standard InChI is InChI=1S/C18H14ClFN4O2S/c19-14-7-2-1-6-13(14)17(26)21-9-8-15-23-24-18(27-15)22-16(25)11-4-3-5-12(20)10-11/h1-7,10H,8-9H2,(H,21,26)(H,22,24,25). The van der Waals surface area contributed by atoms with Gasteiger partial charge in [0.15, 0.2) is 0 Å². The maximum Gasteiger partial charge on any atom is 0.257 e. The number of hydrogen-bond donors (Lipinski definition) is 2. The number of aromatic nitrogens is 2. The predicted molar refractivity (Wildman–Crippen MR) is 102 cm³/mol. The number of nitrogens with zero attached hydrogens (tertiary/aromatic N) is 2. The van der Waals surface area contributed by atoms with Gasteiger partial charge in [-0.3, -0.25) is 14.9 Å². The van der Waals surface area contributed by atoms with Gasteiger partial charge in [0.25, 0.3) is 11.8 Å². The van der Waals surface area contributed by atoms with E-state index in [1.807, 2.05) is 0 Å². The third kappa shape index (κ3) is 5.08. The number of nitrogens with one attached hydrogen (secondary N) is 2. The molecule has 0 saturated heterocycles. The molecule has 0 unspecified atom stereocenters. The molecule has 0 spiro atoms. The molecule has 2 amide bonds. The molecule has 1 aromatic heterocycles. The van der Waals surface area contributed by atoms with Crippen LogP contribution in [0.1, 0.15) is 25.7 Å². The Kier molecular flexibility index (Phi) is 6.10. The molecule has 0 fully saturated rings. The van der Waals surface area contributed by atoms with Gasteiger partial charge >= 0.3 is 0 Å². The quantitative estimate of drug-likeness (QED) is 0.658. The molecule has 1 heterocycles. The zero-order valence-electron chi connectivity index (χ0n) is 13.9. The minimum Gasteiger partial charge on any atom is -0.352 e. The zero-order valence-corrected chi connectivity index (χ0v) is 15.5. The van der Waals surface area contributed by atoms with Crippen molar-refractivity contribution in [2.45, 2.75) is 6.42 Å². The zero-order chi connectivity index (χ0) is 19.2. The number of halogens is 2. The highest BCUT2D eigenvalue weighted by Gasteiger charge is 2.12. The molecule has 2 aromatic carbocycles. The van der Waals surface area contributed by atoms with E-state index >= 15 is 0 Å². The van der Waals surface area contributed by atoms with Gasteiger partial charge in [-0.1, -0.05) is 41.1 Å². The molecule has 27 heavy (non-hydrogen) atoms. The van der Waals surface area contributed by atoms with Crippen LogP contribution < -0.4 is 10.6 Å². The normalized spacial score (nSPS) is 10.4. The van der Waals surface area contributed by atoms with Crippen molar-refractivity contribution in [3.8, 4) is 0 Å². The summed E-state index contributed by atoms with van der Waals surface area (Å²) in [6, 6.07) is 12.1. The van der Waals surface area contributed by atoms with Gasteiger partial charge in [-0.05, 0) is 30.3 Å². The lowest BCUT2D eigenvalue weighted by Gasteiger charge is -2.05. The largest absolute Gasteiger partial charge is 0.352 e. The fraction of sp³-hybridized carbons (Fsp3) is 0.111. The van der Waals surface area contributed by atoms with Crippen molar-refractivity contribution in [1.82, 2.24) is 15.5 Å². The number of anilines is 1. The van der Waals surface area contributed by atoms with E-state index in [-0.39, 0.29) is 11.5 Å². The minimum atomic E-state index is -0.491. The van der Waals surface area contributed by atoms with Gasteiger partial charge in [0.05, 0.1) is 10.6 Å². The van der Waals surface area contributed by atoms with E-state index in [9.17, 15) is 14.0 Å². The smallest absolute Gasteiger partial charge is 0.257 e. The molecule has 0 radical (unpaired) electrons. The molecular formula is C18H14ClFN4O2S. The first kappa shape index (κ1) is 18.9. The van der Waals surface area contributed by atoms with E-state index in [2.05, 4.69) is 20.8 Å². The highest BCUT2D eigenvalue weighted by Crippen LogP contribution is 2.17. The topological polar surface area (TPSA) is 84.0 Å². The van der Waals surface area contributed by atoms with Gasteiger partial charge in [0, 0.05) is 18.5 Å². The number of benzene rings is 2. The summed E-state index contributed by atoms with van der Waals surface area (Å²) in [6.07, 6.45) is 0.448. The van der Waals surface area contributed by atoms with Gasteiger partial charge in [0.1, 0.15) is 10.8 Å². The van der Waals surface area contributed by atoms with Crippen LogP contribution in [0.15, 0.2) is 48.5 Å². The Balaban J connectivity index is 1.52. The Morgan fingerprint density at radius 1 is 1.07 bits per heavy atom. The highest BCUT2D eigenvalue weighted by molar-refractivity contribution is 7.15. The molecule has 0 saturated carbocycles. The van der Waals surface area contributed by atoms with Gasteiger partial charge in [0.2, 0.25) is 5.13 Å². The van der Waals surface area contributed by atoms with Crippen LogP contribution >= 0.6 is 22.9 Å². The van der Waals surface area contributed by atoms with Crippen LogP contribution in [0, 0.1) is 5.82 Å². The Bertz CT molecular complexity index is 979. The lowest BCUT2D eigenvalue weighted by Crippen LogP contribution is -2.25. The molecule has 0 aliphatic rings. The molecule has 6 nitrogen and oxygen atoms in total. The Hall–Kier alpha value is -2.84. The molecule has 0 atom stereocenters. The third-order valence-corrected chi connectivity index (χ3v) is 4.75. The first-order valence-electron chi connectivity index (χ1n) is 7.95. The first-order valence-corrected chi connectivity index (χ1v) is 9.14. The molecule has 3 aromatic rings. The number of amides is 2. The average Bonchev–Trinajstić information content (AvgIpc) is 3.09. The van der Waals surface area contributed by atoms with E-state index in [0.29, 0.717) is 33.7 Å². The SMILES string of the molecule is O=C(Nc1nnc(CCNC(=O)c2ccccc2Cl)s1)c1cccc(F)c1. The number of hydrogen-bond acceptors (Lipinski definition) is 5. The van der Waals surface area contributed by atoms with Gasteiger partial charge < -0.3 is 5.32 Å². The van der Waals surface area contributed by atoms with Crippen LogP contribution in [0.3, 0.4) is 0 Å². The second-order valence-corrected chi connectivity index (χ2v) is 6.92. The van der Waals surface area contributed by atoms with Crippen molar-refractivity contribution in [3.63, 3.8) is 0 Å². The van der Waals surface area contributed by atoms with Crippen molar-refractivity contribution in [2.24, 2.45) is 0 Å². The fourth-order valence-corrected chi connectivity index (χ4v) is 3.18. The summed E-state index contributed by atoms with van der Waals surface area (Å²) in [5.74, 6) is -1.23. The van der Waals surface area contributed by atoms with Crippen molar-refractivity contribution >= 4 is 39.9 Å². The van der Waals surface area contributed by atoms with Crippen LogP contribution in [0.25, 0.3) is 0 Å². The molecule has 138 valence electrons. The van der Waals surface area contributed by atoms with Gasteiger partial charge in [-0.25, -0.2) is 4.39 Å². The number of carbonyl (C=O) groups is 2. The lowest BCUT2D eigenvalue weighted by molar-refractivity contribution is 0.0953. The Morgan fingerprint density at radius 2 is 1.89 bits per heavy atom. The van der Waals surface area contributed by atoms with Gasteiger partial charge in [-0.2, -0.15) is 0 Å². The summed E-state index contributed by atoms with van der Waals surface area (Å²) in [6.45, 7) is 0.344. The van der Waals surface area contributed by atoms with Crippen LogP contribution in [-0.4, -0.2) is 28.6 Å². The van der Waals surface area contributed by atoms with E-state index in [1.54, 1.807) is 24.3 Å². The lowest BCUT2D eigenvalue weighted by atomic mass is 10.2. The highest BCUT2D eigenvalue weighted by atomic mass is 35.5. The van der Waals surface area contributed by atoms with E-state index in [0.717, 1.165) is 6.07 Å². The van der Waals surface area contributed by atoms with Crippen molar-refractivity contribution in [2.75, 3.05) is 11.9 Å². The maximum atomic E-state index is 13.2. The summed E-state index contributed by atoms with van der Waals surface area (Å²) >= 11 is 7.17. The van der Waals surface area contributed by atoms with Crippen molar-refractivity contribution in [3.05, 3.63) is 75.5 Å². The van der Waals surface area contributed by atoms with E-state index in [4.69, 9.17) is 11.6 Å². The number of rotatable bonds is 6. The average molecular weight is 405 g/mol. The molecule has 2 N–H and O–H groups in total. The van der Waals surface area contributed by atoms with Crippen LogP contribution in [0.4, 0.5) is 9.52 Å². The summed E-state index contributed by atoms with van der Waals surface area (Å²) < 4.78 is 13.2. The van der Waals surface area contributed by atoms with Crippen molar-refractivity contribution < 1.29 is 14.0 Å². The third-order valence-electron chi connectivity index (χ3n) is 3.52. The van der Waals surface area contributed by atoms with E-state index in [1.165, 1.54) is 29.5 Å². The molecule has 0 aliphatic heterocycles. The van der Waals surface area contributed by atoms with Gasteiger partial charge in [-0.15, -0.1) is 10.2 Å². The summed E-state index contributed by atoms with van der Waals surface area (Å²) in [7, 11) is 0. The Morgan fingerprint density at radius 3 is 2.67 bits per heavy atom. The van der Waals surface area contributed by atoms with Crippen LogP contribution in [-0.2, 0) is 6.42 Å². The molecule has 9 heteroatoms. The predicted octanol–water partition coefficient (Wildman–Crippen LogP) is 3.56. The van der Waals surface area contributed by atoms with E-state index < -0.39 is 11.7 Å². The minimum absolute atomic E-state index is 0.193. The maximum absolute atomic E-state index is 13.2. The second-order valence-electron chi connectivity index (χ2n) is 5.45. The molecular weight excluding hydrogens is 391 g/mol. The summed E-state index contributed by atoms with van der Waals surface area (Å²) in [5, 5.41) is 14.5. The summed E-state index contributed by atoms with van der Waals surface area (Å²) in [4.78, 5) is 24.1. The Labute approximate surface area is 163 Å². The van der Waals surface area contributed by atoms with Crippen molar-refractivity contribution in [1.29, 1.82) is 0 Å². The monoisotopic (exact) mass is 404 g/mol. The molecule has 0 bridgehead atoms. The number of carbonyl (C=O) groups excluding carboxylic acids is 2. The first-order chi connectivity index (χ1) is 13.0. The van der Waals surface area contributed by atoms with Crippen LogP contribution in [0.5, 0.6) is 0 Å². The second kappa shape index (κ2) is 8.70.